The number of methoxy groups -OCH3 is 1. The smallest absolute Gasteiger partial charge is 0.255 e. The maximum Gasteiger partial charge on any atom is 0.255 e. The van der Waals surface area contributed by atoms with Crippen LogP contribution in [-0.4, -0.2) is 30.1 Å². The summed E-state index contributed by atoms with van der Waals surface area (Å²) in [7, 11) is 1.51. The summed E-state index contributed by atoms with van der Waals surface area (Å²) in [5, 5.41) is 14.3. The number of benzene rings is 1. The lowest BCUT2D eigenvalue weighted by molar-refractivity contribution is 0.0934. The zero-order chi connectivity index (χ0) is 15.1. The predicted octanol–water partition coefficient (Wildman–Crippen LogP) is 2.10. The third-order valence-electron chi connectivity index (χ3n) is 2.82. The van der Waals surface area contributed by atoms with Crippen LogP contribution in [0.1, 0.15) is 30.1 Å². The van der Waals surface area contributed by atoms with Gasteiger partial charge in [0.2, 0.25) is 0 Å². The Balaban J connectivity index is 2.84. The number of rotatable bonds is 6. The Morgan fingerprint density at radius 2 is 2.30 bits per heavy atom. The number of amides is 1. The highest BCUT2D eigenvalue weighted by atomic mass is 79.9. The third-order valence-corrected chi connectivity index (χ3v) is 3.31. The summed E-state index contributed by atoms with van der Waals surface area (Å²) in [5.74, 6) is 0.308. The molecule has 0 saturated heterocycles. The van der Waals surface area contributed by atoms with Gasteiger partial charge in [-0.1, -0.05) is 28.0 Å². The minimum atomic E-state index is -0.257. The van der Waals surface area contributed by atoms with Gasteiger partial charge in [-0.15, -0.1) is 0 Å². The molecule has 0 radical (unpaired) electrons. The van der Waals surface area contributed by atoms with Crippen molar-refractivity contribution >= 4 is 27.7 Å². The molecule has 1 rings (SSSR count). The van der Waals surface area contributed by atoms with Gasteiger partial charge in [0, 0.05) is 16.9 Å². The van der Waals surface area contributed by atoms with Crippen molar-refractivity contribution < 1.29 is 14.7 Å². The van der Waals surface area contributed by atoms with Crippen molar-refractivity contribution in [2.45, 2.75) is 25.8 Å². The molecule has 0 heterocycles. The van der Waals surface area contributed by atoms with Crippen molar-refractivity contribution in [1.82, 2.24) is 5.32 Å². The average molecular weight is 344 g/mol. The van der Waals surface area contributed by atoms with E-state index in [9.17, 15) is 4.79 Å². The molecule has 0 aliphatic heterocycles. The Kier molecular flexibility index (Phi) is 6.30. The molecule has 0 aromatic heterocycles. The second-order valence-corrected chi connectivity index (χ2v) is 5.13. The first kappa shape index (κ1) is 16.3. The van der Waals surface area contributed by atoms with Crippen LogP contribution in [0.5, 0.6) is 5.75 Å². The Bertz CT molecular complexity index is 506. The second kappa shape index (κ2) is 7.74. The molecule has 110 valence electrons. The Morgan fingerprint density at radius 3 is 2.85 bits per heavy atom. The molecule has 1 unspecified atom stereocenters. The van der Waals surface area contributed by atoms with E-state index in [2.05, 4.69) is 26.4 Å². The standard InChI is InChI=1S/C13H18BrN3O3/c1-3-9(7-12(15)17-19)16-13(18)10-5-4-8(14)6-11(10)20-2/h4-6,9,19H,3,7H2,1-2H3,(H2,15,17)(H,16,18). The Hall–Kier alpha value is -1.76. The molecule has 0 fully saturated rings. The van der Waals surface area contributed by atoms with Crippen molar-refractivity contribution in [3.8, 4) is 5.75 Å². The van der Waals surface area contributed by atoms with Gasteiger partial charge in [-0.05, 0) is 24.6 Å². The molecule has 4 N–H and O–H groups in total. The highest BCUT2D eigenvalue weighted by Crippen LogP contribution is 2.23. The fraction of sp³-hybridized carbons (Fsp3) is 0.385. The number of halogens is 1. The van der Waals surface area contributed by atoms with Crippen molar-refractivity contribution in [2.75, 3.05) is 7.11 Å². The molecule has 0 spiro atoms. The number of carbonyl (C=O) groups is 1. The topological polar surface area (TPSA) is 96.9 Å². The van der Waals surface area contributed by atoms with E-state index in [1.165, 1.54) is 7.11 Å². The van der Waals surface area contributed by atoms with Crippen LogP contribution in [0.2, 0.25) is 0 Å². The van der Waals surface area contributed by atoms with Crippen LogP contribution in [0, 0.1) is 0 Å². The zero-order valence-electron chi connectivity index (χ0n) is 11.4. The molecule has 0 aliphatic rings. The summed E-state index contributed by atoms with van der Waals surface area (Å²) in [5.41, 5.74) is 5.90. The number of amidine groups is 1. The van der Waals surface area contributed by atoms with Gasteiger partial charge in [-0.3, -0.25) is 4.79 Å². The lowest BCUT2D eigenvalue weighted by Gasteiger charge is -2.17. The number of oxime groups is 1. The molecule has 0 saturated carbocycles. The monoisotopic (exact) mass is 343 g/mol. The summed E-state index contributed by atoms with van der Waals surface area (Å²) in [4.78, 5) is 12.2. The fourth-order valence-corrected chi connectivity index (χ4v) is 2.05. The highest BCUT2D eigenvalue weighted by molar-refractivity contribution is 9.10. The van der Waals surface area contributed by atoms with E-state index in [0.29, 0.717) is 17.7 Å². The van der Waals surface area contributed by atoms with Crippen molar-refractivity contribution in [3.63, 3.8) is 0 Å². The molecule has 6 nitrogen and oxygen atoms in total. The molecule has 0 bridgehead atoms. The van der Waals surface area contributed by atoms with Gasteiger partial charge < -0.3 is 21.0 Å². The molecule has 20 heavy (non-hydrogen) atoms. The van der Waals surface area contributed by atoms with E-state index in [0.717, 1.165) is 4.47 Å². The second-order valence-electron chi connectivity index (χ2n) is 4.22. The van der Waals surface area contributed by atoms with Crippen molar-refractivity contribution in [3.05, 3.63) is 28.2 Å². The van der Waals surface area contributed by atoms with Crippen LogP contribution in [-0.2, 0) is 0 Å². The van der Waals surface area contributed by atoms with Gasteiger partial charge in [0.25, 0.3) is 5.91 Å². The van der Waals surface area contributed by atoms with E-state index in [4.69, 9.17) is 15.7 Å². The lowest BCUT2D eigenvalue weighted by Crippen LogP contribution is -2.37. The molecule has 1 atom stereocenters. The number of hydrogen-bond donors (Lipinski definition) is 3. The zero-order valence-corrected chi connectivity index (χ0v) is 13.0. The minimum Gasteiger partial charge on any atom is -0.496 e. The summed E-state index contributed by atoms with van der Waals surface area (Å²) in [6, 6.07) is 4.96. The van der Waals surface area contributed by atoms with Gasteiger partial charge in [0.15, 0.2) is 0 Å². The number of nitrogens with two attached hydrogens (primary N) is 1. The highest BCUT2D eigenvalue weighted by Gasteiger charge is 2.17. The van der Waals surface area contributed by atoms with Gasteiger partial charge in [0.1, 0.15) is 11.6 Å². The first-order valence-electron chi connectivity index (χ1n) is 6.12. The molecule has 1 amide bonds. The molecule has 0 aliphatic carbocycles. The van der Waals surface area contributed by atoms with Crippen LogP contribution in [0.25, 0.3) is 0 Å². The summed E-state index contributed by atoms with van der Waals surface area (Å²) in [6.07, 6.45) is 0.957. The molecule has 1 aromatic rings. The fourth-order valence-electron chi connectivity index (χ4n) is 1.71. The SMILES string of the molecule is CCC(C/C(N)=N/O)NC(=O)c1ccc(Br)cc1OC. The van der Waals surface area contributed by atoms with Crippen LogP contribution >= 0.6 is 15.9 Å². The number of hydrogen-bond acceptors (Lipinski definition) is 4. The van der Waals surface area contributed by atoms with Crippen LogP contribution in [0.3, 0.4) is 0 Å². The average Bonchev–Trinajstić information content (AvgIpc) is 2.45. The summed E-state index contributed by atoms with van der Waals surface area (Å²) in [6.45, 7) is 1.91. The van der Waals surface area contributed by atoms with Crippen molar-refractivity contribution in [2.24, 2.45) is 10.9 Å². The Labute approximate surface area is 126 Å². The van der Waals surface area contributed by atoms with Crippen LogP contribution in [0.15, 0.2) is 27.8 Å². The van der Waals surface area contributed by atoms with Gasteiger partial charge >= 0.3 is 0 Å². The van der Waals surface area contributed by atoms with Crippen molar-refractivity contribution in [1.29, 1.82) is 0 Å². The number of ether oxygens (including phenoxy) is 1. The number of carbonyl (C=O) groups excluding carboxylic acids is 1. The molecule has 7 heteroatoms. The number of nitrogens with one attached hydrogen (secondary N) is 1. The summed E-state index contributed by atoms with van der Waals surface area (Å²) < 4.78 is 6.01. The third kappa shape index (κ3) is 4.41. The maximum atomic E-state index is 12.2. The van der Waals surface area contributed by atoms with E-state index < -0.39 is 0 Å². The molecule has 1 aromatic carbocycles. The first-order valence-corrected chi connectivity index (χ1v) is 6.91. The van der Waals surface area contributed by atoms with E-state index in [1.807, 2.05) is 6.92 Å². The van der Waals surface area contributed by atoms with Crippen LogP contribution < -0.4 is 15.8 Å². The molecular formula is C13H18BrN3O3. The van der Waals surface area contributed by atoms with Gasteiger partial charge in [0.05, 0.1) is 12.7 Å². The van der Waals surface area contributed by atoms with E-state index in [1.54, 1.807) is 18.2 Å². The first-order chi connectivity index (χ1) is 9.51. The normalized spacial score (nSPS) is 12.8. The maximum absolute atomic E-state index is 12.2. The van der Waals surface area contributed by atoms with Crippen LogP contribution in [0.4, 0.5) is 0 Å². The largest absolute Gasteiger partial charge is 0.496 e. The van der Waals surface area contributed by atoms with Gasteiger partial charge in [-0.25, -0.2) is 0 Å². The molecular weight excluding hydrogens is 326 g/mol. The minimum absolute atomic E-state index is 0.0833. The lowest BCUT2D eigenvalue weighted by atomic mass is 10.1. The van der Waals surface area contributed by atoms with E-state index in [-0.39, 0.29) is 24.2 Å². The van der Waals surface area contributed by atoms with Gasteiger partial charge in [-0.2, -0.15) is 0 Å². The van der Waals surface area contributed by atoms with E-state index >= 15 is 0 Å². The quantitative estimate of drug-likeness (QED) is 0.319. The predicted molar refractivity (Wildman–Crippen MR) is 80.3 cm³/mol. The number of nitrogens with zero attached hydrogens (tertiary/aromatic N) is 1. The summed E-state index contributed by atoms with van der Waals surface area (Å²) >= 11 is 3.32. The Morgan fingerprint density at radius 1 is 1.60 bits per heavy atom.